The topological polar surface area (TPSA) is 47.9 Å². The van der Waals surface area contributed by atoms with Crippen LogP contribution in [-0.2, 0) is 6.54 Å². The van der Waals surface area contributed by atoms with Crippen molar-refractivity contribution in [2.45, 2.75) is 39.7 Å². The molecule has 23 heavy (non-hydrogen) atoms. The highest BCUT2D eigenvalue weighted by Gasteiger charge is 2.11. The molecule has 0 aliphatic carbocycles. The van der Waals surface area contributed by atoms with Crippen LogP contribution in [0.15, 0.2) is 20.9 Å². The fourth-order valence-electron chi connectivity index (χ4n) is 2.35. The first-order valence-electron chi connectivity index (χ1n) is 7.95. The van der Waals surface area contributed by atoms with Crippen LogP contribution >= 0.6 is 51.2 Å². The van der Waals surface area contributed by atoms with Crippen LogP contribution in [0.25, 0.3) is 0 Å². The molecule has 0 radical (unpaired) electrons. The maximum absolute atomic E-state index is 9.16. The van der Waals surface area contributed by atoms with Crippen LogP contribution in [-0.4, -0.2) is 42.7 Å². The highest BCUT2D eigenvalue weighted by atomic mass is 127. The third-order valence-corrected chi connectivity index (χ3v) is 5.06. The summed E-state index contributed by atoms with van der Waals surface area (Å²) in [5, 5.41) is 12.5. The van der Waals surface area contributed by atoms with E-state index in [1.807, 2.05) is 0 Å². The van der Waals surface area contributed by atoms with Crippen LogP contribution in [0, 0.1) is 5.92 Å². The molecule has 0 aliphatic heterocycles. The molecule has 1 heterocycles. The molecule has 4 nitrogen and oxygen atoms in total. The zero-order valence-electron chi connectivity index (χ0n) is 14.2. The molecule has 0 spiro atoms. The lowest BCUT2D eigenvalue weighted by atomic mass is 10.0. The van der Waals surface area contributed by atoms with E-state index in [0.29, 0.717) is 5.92 Å². The number of nitrogens with one attached hydrogen (secondary N) is 1. The molecular formula is C16H29BrIN3OS. The molecule has 1 unspecified atom stereocenters. The van der Waals surface area contributed by atoms with Gasteiger partial charge in [-0.05, 0) is 53.7 Å². The molecule has 0 aliphatic rings. The quantitative estimate of drug-likeness (QED) is 0.291. The monoisotopic (exact) mass is 517 g/mol. The minimum absolute atomic E-state index is 0. The van der Waals surface area contributed by atoms with E-state index in [1.165, 1.54) is 4.88 Å². The second kappa shape index (κ2) is 13.4. The van der Waals surface area contributed by atoms with Gasteiger partial charge < -0.3 is 15.3 Å². The minimum Gasteiger partial charge on any atom is -0.396 e. The molecule has 0 bridgehead atoms. The molecule has 7 heteroatoms. The summed E-state index contributed by atoms with van der Waals surface area (Å²) < 4.78 is 1.16. The maximum atomic E-state index is 9.16. The van der Waals surface area contributed by atoms with E-state index < -0.39 is 0 Å². The Balaban J connectivity index is 0.00000484. The molecule has 1 aromatic heterocycles. The predicted octanol–water partition coefficient (Wildman–Crippen LogP) is 4.32. The van der Waals surface area contributed by atoms with Crippen LogP contribution < -0.4 is 5.32 Å². The molecule has 0 amide bonds. The SMILES string of the molecule is CCCC(CCO)CN=C(NCC)N(C)Cc1ccc(Br)s1.I. The van der Waals surface area contributed by atoms with E-state index in [2.05, 4.69) is 59.2 Å². The predicted molar refractivity (Wildman–Crippen MR) is 115 cm³/mol. The van der Waals surface area contributed by atoms with Gasteiger partial charge in [-0.15, -0.1) is 35.3 Å². The highest BCUT2D eigenvalue weighted by molar-refractivity contribution is 14.0. The first-order valence-corrected chi connectivity index (χ1v) is 9.56. The summed E-state index contributed by atoms with van der Waals surface area (Å²) in [6.45, 7) is 6.99. The molecule has 134 valence electrons. The number of aliphatic imine (C=N–C) groups is 1. The number of halogens is 2. The van der Waals surface area contributed by atoms with Crippen LogP contribution in [0.2, 0.25) is 0 Å². The largest absolute Gasteiger partial charge is 0.396 e. The molecule has 0 saturated carbocycles. The van der Waals surface area contributed by atoms with E-state index in [4.69, 9.17) is 10.1 Å². The van der Waals surface area contributed by atoms with Crippen molar-refractivity contribution in [3.05, 3.63) is 20.8 Å². The Kier molecular flexibility index (Phi) is 13.5. The molecule has 1 atom stereocenters. The van der Waals surface area contributed by atoms with Crippen molar-refractivity contribution in [1.29, 1.82) is 0 Å². The Morgan fingerprint density at radius 3 is 2.65 bits per heavy atom. The molecule has 2 N–H and O–H groups in total. The van der Waals surface area contributed by atoms with Gasteiger partial charge in [0.25, 0.3) is 0 Å². The van der Waals surface area contributed by atoms with Gasteiger partial charge in [0.15, 0.2) is 5.96 Å². The van der Waals surface area contributed by atoms with E-state index in [1.54, 1.807) is 11.3 Å². The normalized spacial score (nSPS) is 12.7. The zero-order valence-corrected chi connectivity index (χ0v) is 19.0. The van der Waals surface area contributed by atoms with Gasteiger partial charge in [-0.3, -0.25) is 4.99 Å². The van der Waals surface area contributed by atoms with Crippen molar-refractivity contribution in [2.75, 3.05) is 26.7 Å². The van der Waals surface area contributed by atoms with Gasteiger partial charge in [0.2, 0.25) is 0 Å². The van der Waals surface area contributed by atoms with Gasteiger partial charge >= 0.3 is 0 Å². The smallest absolute Gasteiger partial charge is 0.193 e. The maximum Gasteiger partial charge on any atom is 0.193 e. The van der Waals surface area contributed by atoms with Crippen molar-refractivity contribution >= 4 is 57.2 Å². The summed E-state index contributed by atoms with van der Waals surface area (Å²) in [6.07, 6.45) is 3.08. The zero-order chi connectivity index (χ0) is 16.4. The van der Waals surface area contributed by atoms with Crippen molar-refractivity contribution in [3.63, 3.8) is 0 Å². The van der Waals surface area contributed by atoms with E-state index in [-0.39, 0.29) is 30.6 Å². The molecule has 1 aromatic rings. The molecule has 0 aromatic carbocycles. The van der Waals surface area contributed by atoms with Crippen molar-refractivity contribution in [3.8, 4) is 0 Å². The lowest BCUT2D eigenvalue weighted by Gasteiger charge is -2.22. The number of hydrogen-bond acceptors (Lipinski definition) is 3. The summed E-state index contributed by atoms with van der Waals surface area (Å²) in [4.78, 5) is 8.23. The number of thiophene rings is 1. The number of nitrogens with zero attached hydrogens (tertiary/aromatic N) is 2. The Morgan fingerprint density at radius 2 is 2.13 bits per heavy atom. The number of hydrogen-bond donors (Lipinski definition) is 2. The van der Waals surface area contributed by atoms with Crippen molar-refractivity contribution in [2.24, 2.45) is 10.9 Å². The van der Waals surface area contributed by atoms with E-state index >= 15 is 0 Å². The van der Waals surface area contributed by atoms with Gasteiger partial charge in [0, 0.05) is 31.6 Å². The molecule has 0 saturated heterocycles. The molecular weight excluding hydrogens is 489 g/mol. The fourth-order valence-corrected chi connectivity index (χ4v) is 3.89. The molecule has 0 fully saturated rings. The lowest BCUT2D eigenvalue weighted by Crippen LogP contribution is -2.38. The Labute approximate surface area is 169 Å². The third kappa shape index (κ3) is 9.26. The number of aliphatic hydroxyl groups is 1. The van der Waals surface area contributed by atoms with E-state index in [9.17, 15) is 0 Å². The van der Waals surface area contributed by atoms with Crippen LogP contribution in [0.5, 0.6) is 0 Å². The summed E-state index contributed by atoms with van der Waals surface area (Å²) in [7, 11) is 2.07. The standard InChI is InChI=1S/C16H28BrN3OS.HI/c1-4-6-13(9-10-21)11-19-16(18-5-2)20(3)12-14-7-8-15(17)22-14;/h7-8,13,21H,4-6,9-12H2,1-3H3,(H,18,19);1H. The van der Waals surface area contributed by atoms with Gasteiger partial charge in [-0.2, -0.15) is 0 Å². The van der Waals surface area contributed by atoms with Crippen molar-refractivity contribution in [1.82, 2.24) is 10.2 Å². The van der Waals surface area contributed by atoms with E-state index in [0.717, 1.165) is 48.6 Å². The summed E-state index contributed by atoms with van der Waals surface area (Å²) >= 11 is 5.26. The Morgan fingerprint density at radius 1 is 1.39 bits per heavy atom. The third-order valence-electron chi connectivity index (χ3n) is 3.45. The number of aliphatic hydroxyl groups excluding tert-OH is 1. The molecule has 1 rings (SSSR count). The first kappa shape index (κ1) is 23.1. The van der Waals surface area contributed by atoms with Gasteiger partial charge in [0.1, 0.15) is 0 Å². The van der Waals surface area contributed by atoms with Gasteiger partial charge in [-0.25, -0.2) is 0 Å². The van der Waals surface area contributed by atoms with Gasteiger partial charge in [-0.1, -0.05) is 13.3 Å². The van der Waals surface area contributed by atoms with Crippen LogP contribution in [0.1, 0.15) is 38.0 Å². The Hall–Kier alpha value is 0.140. The summed E-state index contributed by atoms with van der Waals surface area (Å²) in [5.74, 6) is 1.40. The minimum atomic E-state index is 0. The van der Waals surface area contributed by atoms with Gasteiger partial charge in [0.05, 0.1) is 10.3 Å². The second-order valence-corrected chi connectivity index (χ2v) is 7.97. The summed E-state index contributed by atoms with van der Waals surface area (Å²) in [6, 6.07) is 4.22. The second-order valence-electron chi connectivity index (χ2n) is 5.42. The number of rotatable bonds is 9. The first-order chi connectivity index (χ1) is 10.6. The Bertz CT molecular complexity index is 450. The lowest BCUT2D eigenvalue weighted by molar-refractivity contribution is 0.253. The number of guanidine groups is 1. The van der Waals surface area contributed by atoms with Crippen LogP contribution in [0.4, 0.5) is 0 Å². The average molecular weight is 518 g/mol. The van der Waals surface area contributed by atoms with Crippen molar-refractivity contribution < 1.29 is 5.11 Å². The average Bonchev–Trinajstić information content (AvgIpc) is 2.88. The fraction of sp³-hybridized carbons (Fsp3) is 0.688. The summed E-state index contributed by atoms with van der Waals surface area (Å²) in [5.41, 5.74) is 0. The highest BCUT2D eigenvalue weighted by Crippen LogP contribution is 2.23. The van der Waals surface area contributed by atoms with Crippen LogP contribution in [0.3, 0.4) is 0 Å².